The fraction of sp³-hybridized carbons (Fsp3) is 0.179. The van der Waals surface area contributed by atoms with Crippen molar-refractivity contribution >= 4 is 68.1 Å². The number of anilines is 1. The van der Waals surface area contributed by atoms with Crippen LogP contribution in [0.4, 0.5) is 14.9 Å². The van der Waals surface area contributed by atoms with E-state index in [0.717, 1.165) is 22.2 Å². The second-order valence-electron chi connectivity index (χ2n) is 8.44. The predicted octanol–water partition coefficient (Wildman–Crippen LogP) is 7.20. The van der Waals surface area contributed by atoms with E-state index in [1.165, 1.54) is 24.3 Å². The van der Waals surface area contributed by atoms with Gasteiger partial charge in [0, 0.05) is 16.3 Å². The molecule has 0 aliphatic carbocycles. The SMILES string of the molecule is CCOc1cc(/C=C2\SC(=O)N(Cc3c(F)cccc3Cl)C2=O)cc(Br)c1OCC(=O)Nc1cccc(C)c1. The number of nitrogens with zero attached hydrogens (tertiary/aromatic N) is 1. The van der Waals surface area contributed by atoms with Crippen molar-refractivity contribution in [3.05, 3.63) is 91.5 Å². The molecule has 1 fully saturated rings. The van der Waals surface area contributed by atoms with Crippen LogP contribution in [0.25, 0.3) is 6.08 Å². The van der Waals surface area contributed by atoms with Gasteiger partial charge in [-0.1, -0.05) is 29.8 Å². The first-order chi connectivity index (χ1) is 18.7. The van der Waals surface area contributed by atoms with Crippen LogP contribution in [-0.2, 0) is 16.1 Å². The van der Waals surface area contributed by atoms with Gasteiger partial charge in [-0.2, -0.15) is 0 Å². The molecule has 0 aromatic heterocycles. The smallest absolute Gasteiger partial charge is 0.293 e. The van der Waals surface area contributed by atoms with Crippen LogP contribution in [0.5, 0.6) is 11.5 Å². The number of carbonyl (C=O) groups is 3. The van der Waals surface area contributed by atoms with Crippen molar-refractivity contribution in [3.63, 3.8) is 0 Å². The number of nitrogens with one attached hydrogen (secondary N) is 1. The number of hydrogen-bond donors (Lipinski definition) is 1. The van der Waals surface area contributed by atoms with E-state index in [1.807, 2.05) is 25.1 Å². The van der Waals surface area contributed by atoms with Crippen molar-refractivity contribution in [2.24, 2.45) is 0 Å². The van der Waals surface area contributed by atoms with Crippen LogP contribution in [0.1, 0.15) is 23.6 Å². The van der Waals surface area contributed by atoms with E-state index < -0.39 is 17.0 Å². The summed E-state index contributed by atoms with van der Waals surface area (Å²) in [6.45, 7) is 3.51. The molecule has 4 rings (SSSR count). The summed E-state index contributed by atoms with van der Waals surface area (Å²) in [5.74, 6) is -0.845. The highest BCUT2D eigenvalue weighted by Gasteiger charge is 2.36. The zero-order valence-corrected chi connectivity index (χ0v) is 24.1. The van der Waals surface area contributed by atoms with Gasteiger partial charge in [0.15, 0.2) is 18.1 Å². The normalized spacial score (nSPS) is 14.2. The van der Waals surface area contributed by atoms with Gasteiger partial charge in [-0.15, -0.1) is 0 Å². The molecule has 1 aliphatic rings. The predicted molar refractivity (Wildman–Crippen MR) is 154 cm³/mol. The highest BCUT2D eigenvalue weighted by Crippen LogP contribution is 2.40. The molecule has 0 bridgehead atoms. The Kier molecular flexibility index (Phi) is 9.32. The van der Waals surface area contributed by atoms with E-state index in [-0.39, 0.29) is 34.6 Å². The molecule has 39 heavy (non-hydrogen) atoms. The van der Waals surface area contributed by atoms with Crippen molar-refractivity contribution in [3.8, 4) is 11.5 Å². The number of benzene rings is 3. The molecule has 0 atom stereocenters. The van der Waals surface area contributed by atoms with Gasteiger partial charge < -0.3 is 14.8 Å². The number of aryl methyl sites for hydroxylation is 1. The topological polar surface area (TPSA) is 84.9 Å². The van der Waals surface area contributed by atoms with E-state index in [0.29, 0.717) is 33.8 Å². The van der Waals surface area contributed by atoms with E-state index >= 15 is 0 Å². The van der Waals surface area contributed by atoms with Crippen LogP contribution in [-0.4, -0.2) is 35.2 Å². The van der Waals surface area contributed by atoms with Crippen LogP contribution in [0.15, 0.2) is 64.0 Å². The Morgan fingerprint density at radius 3 is 2.64 bits per heavy atom. The van der Waals surface area contributed by atoms with Crippen molar-refractivity contribution < 1.29 is 28.2 Å². The molecule has 7 nitrogen and oxygen atoms in total. The number of amides is 3. The Morgan fingerprint density at radius 1 is 1.15 bits per heavy atom. The first kappa shape index (κ1) is 28.7. The lowest BCUT2D eigenvalue weighted by Crippen LogP contribution is -2.28. The maximum absolute atomic E-state index is 14.2. The molecular weight excluding hydrogens is 611 g/mol. The number of ether oxygens (including phenoxy) is 2. The van der Waals surface area contributed by atoms with Crippen molar-refractivity contribution in [1.82, 2.24) is 4.90 Å². The Hall–Kier alpha value is -3.34. The van der Waals surface area contributed by atoms with Crippen LogP contribution in [0.2, 0.25) is 5.02 Å². The number of carbonyl (C=O) groups excluding carboxylic acids is 3. The second kappa shape index (κ2) is 12.7. The Balaban J connectivity index is 1.51. The number of rotatable bonds is 9. The summed E-state index contributed by atoms with van der Waals surface area (Å²) in [4.78, 5) is 39.1. The lowest BCUT2D eigenvalue weighted by molar-refractivity contribution is -0.123. The van der Waals surface area contributed by atoms with Crippen molar-refractivity contribution in [1.29, 1.82) is 0 Å². The molecule has 1 N–H and O–H groups in total. The Bertz CT molecular complexity index is 1460. The second-order valence-corrected chi connectivity index (χ2v) is 10.7. The number of thioether (sulfide) groups is 1. The monoisotopic (exact) mass is 632 g/mol. The number of imide groups is 1. The average molecular weight is 634 g/mol. The van der Waals surface area contributed by atoms with Crippen molar-refractivity contribution in [2.75, 3.05) is 18.5 Å². The molecule has 11 heteroatoms. The van der Waals surface area contributed by atoms with Gasteiger partial charge in [-0.05, 0) is 95.1 Å². The lowest BCUT2D eigenvalue weighted by Gasteiger charge is -2.15. The molecule has 1 heterocycles. The summed E-state index contributed by atoms with van der Waals surface area (Å²) in [5.41, 5.74) is 2.29. The molecule has 3 aromatic carbocycles. The molecule has 3 aromatic rings. The van der Waals surface area contributed by atoms with Crippen LogP contribution >= 0.6 is 39.3 Å². The fourth-order valence-corrected chi connectivity index (χ4v) is 5.40. The maximum atomic E-state index is 14.2. The third kappa shape index (κ3) is 7.00. The fourth-order valence-electron chi connectivity index (χ4n) is 3.76. The van der Waals surface area contributed by atoms with Gasteiger partial charge in [0.05, 0.1) is 22.5 Å². The standard InChI is InChI=1S/C28H23BrClFN2O5S/c1-3-37-23-12-17(11-20(29)26(23)38-15-25(34)32-18-7-4-6-16(2)10-18)13-24-27(35)33(28(36)39-24)14-19-21(30)8-5-9-22(19)31/h4-13H,3,14-15H2,1-2H3,(H,32,34)/b24-13-. The van der Waals surface area contributed by atoms with Gasteiger partial charge in [0.1, 0.15) is 5.82 Å². The highest BCUT2D eigenvalue weighted by molar-refractivity contribution is 9.10. The largest absolute Gasteiger partial charge is 0.490 e. The summed E-state index contributed by atoms with van der Waals surface area (Å²) in [6, 6.07) is 14.9. The first-order valence-corrected chi connectivity index (χ1v) is 13.8. The molecule has 1 aliphatic heterocycles. The molecule has 0 unspecified atom stereocenters. The summed E-state index contributed by atoms with van der Waals surface area (Å²) in [5, 5.41) is 2.38. The zero-order valence-electron chi connectivity index (χ0n) is 20.9. The Labute approximate surface area is 242 Å². The van der Waals surface area contributed by atoms with Crippen molar-refractivity contribution in [2.45, 2.75) is 20.4 Å². The third-order valence-corrected chi connectivity index (χ3v) is 7.38. The van der Waals surface area contributed by atoms with E-state index in [1.54, 1.807) is 25.1 Å². The molecule has 0 spiro atoms. The molecule has 0 radical (unpaired) electrons. The number of hydrogen-bond acceptors (Lipinski definition) is 6. The van der Waals surface area contributed by atoms with Crippen LogP contribution < -0.4 is 14.8 Å². The Morgan fingerprint density at radius 2 is 1.92 bits per heavy atom. The van der Waals surface area contributed by atoms with Crippen LogP contribution in [0, 0.1) is 12.7 Å². The zero-order chi connectivity index (χ0) is 28.1. The van der Waals surface area contributed by atoms with Gasteiger partial charge in [0.25, 0.3) is 17.1 Å². The van der Waals surface area contributed by atoms with Gasteiger partial charge in [-0.3, -0.25) is 19.3 Å². The minimum Gasteiger partial charge on any atom is -0.490 e. The quantitative estimate of drug-likeness (QED) is 0.251. The van der Waals surface area contributed by atoms with E-state index in [9.17, 15) is 18.8 Å². The average Bonchev–Trinajstić information content (AvgIpc) is 3.13. The maximum Gasteiger partial charge on any atom is 0.293 e. The molecule has 1 saturated heterocycles. The number of halogens is 3. The minimum atomic E-state index is -0.598. The first-order valence-electron chi connectivity index (χ1n) is 11.8. The third-order valence-electron chi connectivity index (χ3n) is 5.53. The summed E-state index contributed by atoms with van der Waals surface area (Å²) in [7, 11) is 0. The lowest BCUT2D eigenvalue weighted by atomic mass is 10.1. The molecule has 0 saturated carbocycles. The summed E-state index contributed by atoms with van der Waals surface area (Å²) < 4.78 is 26.2. The summed E-state index contributed by atoms with van der Waals surface area (Å²) >= 11 is 10.3. The minimum absolute atomic E-state index is 0.0667. The highest BCUT2D eigenvalue weighted by atomic mass is 79.9. The molecule has 3 amide bonds. The summed E-state index contributed by atoms with van der Waals surface area (Å²) in [6.07, 6.45) is 1.54. The van der Waals surface area contributed by atoms with Crippen LogP contribution in [0.3, 0.4) is 0 Å². The molecular formula is C28H23BrClFN2O5S. The molecule has 202 valence electrons. The van der Waals surface area contributed by atoms with Gasteiger partial charge >= 0.3 is 0 Å². The van der Waals surface area contributed by atoms with E-state index in [2.05, 4.69) is 21.2 Å². The van der Waals surface area contributed by atoms with Gasteiger partial charge in [-0.25, -0.2) is 4.39 Å². The van der Waals surface area contributed by atoms with E-state index in [4.69, 9.17) is 21.1 Å². The van der Waals surface area contributed by atoms with Gasteiger partial charge in [0.2, 0.25) is 0 Å².